The maximum absolute atomic E-state index is 13.4. The van der Waals surface area contributed by atoms with Crippen LogP contribution in [0.3, 0.4) is 0 Å². The molecule has 2 aromatic heterocycles. The number of hydrogen-bond acceptors (Lipinski definition) is 6. The smallest absolute Gasteiger partial charge is 0.394 e. The average molecular weight is 522 g/mol. The van der Waals surface area contributed by atoms with Gasteiger partial charge >= 0.3 is 6.18 Å². The third kappa shape index (κ3) is 6.06. The van der Waals surface area contributed by atoms with Crippen LogP contribution in [0.4, 0.5) is 13.2 Å². The van der Waals surface area contributed by atoms with E-state index in [9.17, 15) is 28.3 Å². The fourth-order valence-corrected chi connectivity index (χ4v) is 4.50. The monoisotopic (exact) mass is 521 g/mol. The van der Waals surface area contributed by atoms with Crippen LogP contribution in [0.15, 0.2) is 12.3 Å². The molecular formula is C26H34F3N5O3. The molecule has 0 atom stereocenters. The van der Waals surface area contributed by atoms with E-state index in [1.807, 2.05) is 6.07 Å². The van der Waals surface area contributed by atoms with E-state index in [1.54, 1.807) is 6.92 Å². The van der Waals surface area contributed by atoms with Crippen molar-refractivity contribution >= 4 is 5.91 Å². The molecule has 0 aliphatic heterocycles. The Hall–Kier alpha value is -3.13. The molecule has 0 saturated heterocycles. The number of methoxy groups -OCH3 is 1. The maximum atomic E-state index is 13.4. The molecule has 3 rings (SSSR count). The molecule has 0 spiro atoms. The van der Waals surface area contributed by atoms with Crippen LogP contribution < -0.4 is 10.1 Å². The summed E-state index contributed by atoms with van der Waals surface area (Å²) in [4.78, 5) is 21.7. The summed E-state index contributed by atoms with van der Waals surface area (Å²) in [6, 6.07) is 3.46. The number of nitriles is 1. The number of aliphatic hydroxyl groups is 1. The zero-order valence-electron chi connectivity index (χ0n) is 21.9. The Labute approximate surface area is 214 Å². The Bertz CT molecular complexity index is 1180. The molecule has 2 N–H and O–H groups in total. The van der Waals surface area contributed by atoms with E-state index >= 15 is 0 Å². The van der Waals surface area contributed by atoms with Crippen LogP contribution in [-0.4, -0.2) is 51.0 Å². The number of imidazole rings is 1. The number of carbonyl (C=O) groups is 1. The molecule has 1 amide bonds. The highest BCUT2D eigenvalue weighted by atomic mass is 19.4. The van der Waals surface area contributed by atoms with Crippen molar-refractivity contribution < 1.29 is 27.8 Å². The minimum absolute atomic E-state index is 0.0446. The third-order valence-corrected chi connectivity index (χ3v) is 7.10. The van der Waals surface area contributed by atoms with Crippen LogP contribution in [0.25, 0.3) is 5.82 Å². The molecule has 1 fully saturated rings. The van der Waals surface area contributed by atoms with Crippen molar-refractivity contribution in [2.45, 2.75) is 78.0 Å². The molecule has 2 aromatic rings. The van der Waals surface area contributed by atoms with Crippen LogP contribution in [0.5, 0.6) is 5.75 Å². The Balaban J connectivity index is 1.93. The molecule has 37 heavy (non-hydrogen) atoms. The van der Waals surface area contributed by atoms with Gasteiger partial charge in [0.15, 0.2) is 23.0 Å². The molecule has 0 bridgehead atoms. The minimum atomic E-state index is -4.40. The van der Waals surface area contributed by atoms with Gasteiger partial charge in [0, 0.05) is 19.2 Å². The number of nitrogens with one attached hydrogen (secondary N) is 1. The SMILES string of the molecule is CCc1nc(C(=O)NCC2(O)CCC(C)CC2)c(C#N)n1-c1ncc(CC(C)(C)C(F)(F)F)cc1OC. The lowest BCUT2D eigenvalue weighted by Gasteiger charge is -2.34. The van der Waals surface area contributed by atoms with Crippen molar-refractivity contribution in [2.75, 3.05) is 13.7 Å². The number of halogens is 3. The van der Waals surface area contributed by atoms with E-state index in [2.05, 4.69) is 22.2 Å². The summed E-state index contributed by atoms with van der Waals surface area (Å²) >= 11 is 0. The minimum Gasteiger partial charge on any atom is -0.493 e. The number of alkyl halides is 3. The van der Waals surface area contributed by atoms with Gasteiger partial charge in [-0.2, -0.15) is 18.4 Å². The highest BCUT2D eigenvalue weighted by molar-refractivity contribution is 5.94. The van der Waals surface area contributed by atoms with Crippen LogP contribution in [-0.2, 0) is 12.8 Å². The lowest BCUT2D eigenvalue weighted by Crippen LogP contribution is -2.45. The van der Waals surface area contributed by atoms with E-state index in [1.165, 1.54) is 23.9 Å². The summed E-state index contributed by atoms with van der Waals surface area (Å²) in [5.41, 5.74) is -2.86. The molecule has 1 saturated carbocycles. The standard InChI is InChI=1S/C26H34F3N5O3/c1-6-20-33-21(23(35)32-15-25(36)9-7-16(2)8-10-25)18(13-30)34(20)22-19(37-5)11-17(14-31-22)12-24(3,4)26(27,28)29/h11,14,16,36H,6-10,12,15H2,1-5H3,(H,32,35). The molecule has 202 valence electrons. The molecule has 8 nitrogen and oxygen atoms in total. The van der Waals surface area contributed by atoms with Gasteiger partial charge in [0.1, 0.15) is 11.9 Å². The molecule has 1 aliphatic rings. The number of ether oxygens (including phenoxy) is 1. The van der Waals surface area contributed by atoms with E-state index < -0.39 is 23.1 Å². The number of aryl methyl sites for hydroxylation is 1. The first kappa shape index (κ1) is 28.4. The van der Waals surface area contributed by atoms with Gasteiger partial charge in [-0.3, -0.25) is 9.36 Å². The van der Waals surface area contributed by atoms with Gasteiger partial charge in [0.2, 0.25) is 0 Å². The van der Waals surface area contributed by atoms with E-state index in [0.29, 0.717) is 36.6 Å². The lowest BCUT2D eigenvalue weighted by molar-refractivity contribution is -0.211. The number of amides is 1. The van der Waals surface area contributed by atoms with Crippen LogP contribution in [0.1, 0.15) is 80.9 Å². The number of aromatic nitrogens is 3. The fraction of sp³-hybridized carbons (Fsp3) is 0.615. The average Bonchev–Trinajstić information content (AvgIpc) is 3.22. The topological polar surface area (TPSA) is 113 Å². The normalized spacial score (nSPS) is 20.4. The molecular weight excluding hydrogens is 487 g/mol. The summed E-state index contributed by atoms with van der Waals surface area (Å²) in [5, 5.41) is 23.5. The van der Waals surface area contributed by atoms with Crippen molar-refractivity contribution in [1.82, 2.24) is 19.9 Å². The number of nitrogens with zero attached hydrogens (tertiary/aromatic N) is 4. The molecule has 0 unspecified atom stereocenters. The number of pyridine rings is 1. The predicted molar refractivity (Wildman–Crippen MR) is 130 cm³/mol. The zero-order chi connectivity index (χ0) is 27.6. The van der Waals surface area contributed by atoms with Crippen molar-refractivity contribution in [2.24, 2.45) is 11.3 Å². The van der Waals surface area contributed by atoms with Crippen LogP contribution >= 0.6 is 0 Å². The molecule has 0 radical (unpaired) electrons. The molecule has 0 aromatic carbocycles. The van der Waals surface area contributed by atoms with Gasteiger partial charge in [0.25, 0.3) is 5.91 Å². The molecule has 1 aliphatic carbocycles. The zero-order valence-corrected chi connectivity index (χ0v) is 21.9. The van der Waals surface area contributed by atoms with Crippen molar-refractivity contribution in [3.05, 3.63) is 35.0 Å². The van der Waals surface area contributed by atoms with E-state index in [-0.39, 0.29) is 35.9 Å². The van der Waals surface area contributed by atoms with E-state index in [4.69, 9.17) is 4.74 Å². The first-order valence-electron chi connectivity index (χ1n) is 12.4. The number of rotatable bonds is 8. The highest BCUT2D eigenvalue weighted by Gasteiger charge is 2.47. The molecule has 2 heterocycles. The largest absolute Gasteiger partial charge is 0.493 e. The Morgan fingerprint density at radius 3 is 2.54 bits per heavy atom. The fourth-order valence-electron chi connectivity index (χ4n) is 4.50. The number of carbonyl (C=O) groups excluding carboxylic acids is 1. The highest BCUT2D eigenvalue weighted by Crippen LogP contribution is 2.41. The van der Waals surface area contributed by atoms with Crippen molar-refractivity contribution in [1.29, 1.82) is 5.26 Å². The van der Waals surface area contributed by atoms with Crippen molar-refractivity contribution in [3.63, 3.8) is 0 Å². The van der Waals surface area contributed by atoms with Gasteiger partial charge < -0.3 is 15.2 Å². The Kier molecular flexibility index (Phi) is 8.22. The predicted octanol–water partition coefficient (Wildman–Crippen LogP) is 4.51. The van der Waals surface area contributed by atoms with Crippen molar-refractivity contribution in [3.8, 4) is 17.6 Å². The van der Waals surface area contributed by atoms with Gasteiger partial charge in [-0.15, -0.1) is 0 Å². The van der Waals surface area contributed by atoms with Gasteiger partial charge in [-0.05, 0) is 49.7 Å². The maximum Gasteiger partial charge on any atom is 0.394 e. The summed E-state index contributed by atoms with van der Waals surface area (Å²) in [7, 11) is 1.35. The summed E-state index contributed by atoms with van der Waals surface area (Å²) < 4.78 is 47.0. The Morgan fingerprint density at radius 1 is 1.35 bits per heavy atom. The van der Waals surface area contributed by atoms with E-state index in [0.717, 1.165) is 26.7 Å². The first-order chi connectivity index (χ1) is 17.2. The van der Waals surface area contributed by atoms with Gasteiger partial charge in [-0.25, -0.2) is 9.97 Å². The second-order valence-electron chi connectivity index (χ2n) is 10.5. The van der Waals surface area contributed by atoms with Crippen LogP contribution in [0, 0.1) is 22.7 Å². The first-order valence-corrected chi connectivity index (χ1v) is 12.4. The lowest BCUT2D eigenvalue weighted by atomic mass is 9.79. The van der Waals surface area contributed by atoms with Gasteiger partial charge in [0.05, 0.1) is 18.1 Å². The number of hydrogen-bond donors (Lipinski definition) is 2. The van der Waals surface area contributed by atoms with Crippen LogP contribution in [0.2, 0.25) is 0 Å². The third-order valence-electron chi connectivity index (χ3n) is 7.10. The molecule has 11 heteroatoms. The van der Waals surface area contributed by atoms with Gasteiger partial charge in [-0.1, -0.05) is 27.7 Å². The second kappa shape index (κ2) is 10.7. The Morgan fingerprint density at radius 2 is 2.00 bits per heavy atom. The quantitative estimate of drug-likeness (QED) is 0.529. The summed E-state index contributed by atoms with van der Waals surface area (Å²) in [5.74, 6) is 0.589. The summed E-state index contributed by atoms with van der Waals surface area (Å²) in [6.07, 6.45) is -0.177. The summed E-state index contributed by atoms with van der Waals surface area (Å²) in [6.45, 7) is 6.19. The second-order valence-corrected chi connectivity index (χ2v) is 10.5.